The van der Waals surface area contributed by atoms with Gasteiger partial charge < -0.3 is 24.2 Å². The van der Waals surface area contributed by atoms with Crippen molar-refractivity contribution in [1.82, 2.24) is 15.0 Å². The first-order valence-corrected chi connectivity index (χ1v) is 10.2. The number of rotatable bonds is 9. The summed E-state index contributed by atoms with van der Waals surface area (Å²) in [5, 5.41) is 7.23. The number of aromatic nitrogens is 2. The van der Waals surface area contributed by atoms with Crippen LogP contribution in [0, 0.1) is 0 Å². The van der Waals surface area contributed by atoms with Crippen LogP contribution in [0.5, 0.6) is 11.5 Å². The summed E-state index contributed by atoms with van der Waals surface area (Å²) >= 11 is 6.00. The highest BCUT2D eigenvalue weighted by Gasteiger charge is 2.14. The van der Waals surface area contributed by atoms with E-state index in [1.54, 1.807) is 25.2 Å². The van der Waals surface area contributed by atoms with Crippen molar-refractivity contribution in [2.75, 3.05) is 26.0 Å². The minimum atomic E-state index is -0.303. The van der Waals surface area contributed by atoms with Gasteiger partial charge in [0.25, 0.3) is 5.89 Å². The number of ether oxygens (including phenoxy) is 2. The van der Waals surface area contributed by atoms with Gasteiger partial charge in [-0.25, -0.2) is 4.79 Å². The van der Waals surface area contributed by atoms with Crippen molar-refractivity contribution < 1.29 is 18.8 Å². The largest absolute Gasteiger partial charge is 0.495 e. The number of likely N-dealkylation sites (N-methyl/N-ethyl adjacent to an activating group) is 1. The normalized spacial score (nSPS) is 10.6. The summed E-state index contributed by atoms with van der Waals surface area (Å²) in [7, 11) is 3.21. The van der Waals surface area contributed by atoms with Crippen LogP contribution in [0.2, 0.25) is 5.02 Å². The summed E-state index contributed by atoms with van der Waals surface area (Å²) in [6, 6.07) is 12.6. The van der Waals surface area contributed by atoms with Crippen molar-refractivity contribution in [1.29, 1.82) is 0 Å². The van der Waals surface area contributed by atoms with Crippen molar-refractivity contribution in [3.63, 3.8) is 0 Å². The first-order chi connectivity index (χ1) is 15.0. The topological polar surface area (TPSA) is 89.7 Å². The number of amides is 2. The van der Waals surface area contributed by atoms with E-state index >= 15 is 0 Å². The van der Waals surface area contributed by atoms with Gasteiger partial charge in [-0.3, -0.25) is 0 Å². The molecule has 8 nitrogen and oxygen atoms in total. The Balaban J connectivity index is 1.48. The minimum absolute atomic E-state index is 0.184. The summed E-state index contributed by atoms with van der Waals surface area (Å²) in [6.45, 7) is 2.68. The van der Waals surface area contributed by atoms with E-state index in [4.69, 9.17) is 25.6 Å². The molecule has 0 saturated heterocycles. The van der Waals surface area contributed by atoms with Crippen LogP contribution in [0.25, 0.3) is 0 Å². The van der Waals surface area contributed by atoms with E-state index in [2.05, 4.69) is 22.4 Å². The number of carbonyl (C=O) groups is 1. The molecule has 1 aromatic heterocycles. The maximum absolute atomic E-state index is 12.5. The van der Waals surface area contributed by atoms with Crippen LogP contribution in [-0.2, 0) is 19.4 Å². The third-order valence-electron chi connectivity index (χ3n) is 4.62. The zero-order valence-electron chi connectivity index (χ0n) is 17.7. The fourth-order valence-electron chi connectivity index (χ4n) is 2.77. The molecule has 0 unspecified atom stereocenters. The lowest BCUT2D eigenvalue weighted by Crippen LogP contribution is -2.33. The molecule has 1 N–H and O–H groups in total. The molecule has 9 heteroatoms. The van der Waals surface area contributed by atoms with Crippen LogP contribution >= 0.6 is 11.6 Å². The Labute approximate surface area is 186 Å². The smallest absolute Gasteiger partial charge is 0.321 e. The lowest BCUT2D eigenvalue weighted by molar-refractivity contribution is 0.222. The molecule has 0 atom stereocenters. The Morgan fingerprint density at radius 3 is 2.71 bits per heavy atom. The van der Waals surface area contributed by atoms with Gasteiger partial charge in [0.05, 0.1) is 12.8 Å². The van der Waals surface area contributed by atoms with Crippen molar-refractivity contribution in [2.24, 2.45) is 0 Å². The number of halogens is 1. The Morgan fingerprint density at radius 2 is 2.00 bits per heavy atom. The Bertz CT molecular complexity index is 1010. The SMILES string of the molecule is CCc1ccc(OCc2nc(CCN(C)C(=O)Nc3cc(Cl)ccc3OC)no2)cc1. The van der Waals surface area contributed by atoms with Crippen LogP contribution < -0.4 is 14.8 Å². The molecular weight excluding hydrogens is 420 g/mol. The summed E-state index contributed by atoms with van der Waals surface area (Å²) in [4.78, 5) is 18.3. The molecule has 0 spiro atoms. The van der Waals surface area contributed by atoms with Crippen molar-refractivity contribution >= 4 is 23.3 Å². The number of hydrogen-bond donors (Lipinski definition) is 1. The van der Waals surface area contributed by atoms with E-state index in [-0.39, 0.29) is 12.6 Å². The third-order valence-corrected chi connectivity index (χ3v) is 4.86. The van der Waals surface area contributed by atoms with Crippen molar-refractivity contribution in [2.45, 2.75) is 26.4 Å². The Kier molecular flexibility index (Phi) is 7.72. The Hall–Kier alpha value is -3.26. The number of benzene rings is 2. The molecule has 3 rings (SSSR count). The molecule has 3 aromatic rings. The highest BCUT2D eigenvalue weighted by molar-refractivity contribution is 6.31. The van der Waals surface area contributed by atoms with E-state index in [0.717, 1.165) is 12.2 Å². The number of nitrogens with zero attached hydrogens (tertiary/aromatic N) is 3. The highest BCUT2D eigenvalue weighted by Crippen LogP contribution is 2.27. The molecule has 0 bridgehead atoms. The molecule has 0 saturated carbocycles. The maximum atomic E-state index is 12.5. The number of urea groups is 1. The second-order valence-electron chi connectivity index (χ2n) is 6.84. The van der Waals surface area contributed by atoms with Crippen LogP contribution in [0.1, 0.15) is 24.2 Å². The van der Waals surface area contributed by atoms with Gasteiger partial charge in [0.2, 0.25) is 0 Å². The quantitative estimate of drug-likeness (QED) is 0.519. The molecule has 0 radical (unpaired) electrons. The molecule has 31 heavy (non-hydrogen) atoms. The number of hydrogen-bond acceptors (Lipinski definition) is 6. The number of aryl methyl sites for hydroxylation is 1. The molecule has 0 fully saturated rings. The van der Waals surface area contributed by atoms with E-state index < -0.39 is 0 Å². The van der Waals surface area contributed by atoms with E-state index in [1.807, 2.05) is 24.3 Å². The highest BCUT2D eigenvalue weighted by atomic mass is 35.5. The monoisotopic (exact) mass is 444 g/mol. The minimum Gasteiger partial charge on any atom is -0.495 e. The summed E-state index contributed by atoms with van der Waals surface area (Å²) in [6.07, 6.45) is 1.41. The fraction of sp³-hybridized carbons (Fsp3) is 0.318. The maximum Gasteiger partial charge on any atom is 0.321 e. The van der Waals surface area contributed by atoms with Crippen LogP contribution in [0.15, 0.2) is 47.0 Å². The van der Waals surface area contributed by atoms with Gasteiger partial charge >= 0.3 is 6.03 Å². The van der Waals surface area contributed by atoms with Gasteiger partial charge in [-0.1, -0.05) is 35.8 Å². The lowest BCUT2D eigenvalue weighted by Gasteiger charge is -2.18. The molecular formula is C22H25ClN4O4. The average molecular weight is 445 g/mol. The lowest BCUT2D eigenvalue weighted by atomic mass is 10.2. The van der Waals surface area contributed by atoms with Crippen LogP contribution in [0.3, 0.4) is 0 Å². The van der Waals surface area contributed by atoms with Gasteiger partial charge in [0, 0.05) is 25.0 Å². The number of methoxy groups -OCH3 is 1. The second-order valence-corrected chi connectivity index (χ2v) is 7.27. The third kappa shape index (κ3) is 6.36. The first-order valence-electron chi connectivity index (χ1n) is 9.87. The predicted molar refractivity (Wildman–Crippen MR) is 118 cm³/mol. The fourth-order valence-corrected chi connectivity index (χ4v) is 2.95. The first kappa shape index (κ1) is 22.4. The predicted octanol–water partition coefficient (Wildman–Crippen LogP) is 4.58. The van der Waals surface area contributed by atoms with Crippen molar-refractivity contribution in [3.05, 3.63) is 64.8 Å². The standard InChI is InChI=1S/C22H25ClN4O4/c1-4-15-5-8-17(9-6-15)30-14-21-25-20(26-31-21)11-12-27(2)22(28)24-18-13-16(23)7-10-19(18)29-3/h5-10,13H,4,11-12,14H2,1-3H3,(H,24,28). The zero-order chi connectivity index (χ0) is 22.2. The molecule has 0 aliphatic carbocycles. The molecule has 0 aliphatic heterocycles. The van der Waals surface area contributed by atoms with E-state index in [9.17, 15) is 4.79 Å². The zero-order valence-corrected chi connectivity index (χ0v) is 18.5. The molecule has 2 amide bonds. The summed E-state index contributed by atoms with van der Waals surface area (Å²) in [5.41, 5.74) is 1.74. The number of nitrogens with one attached hydrogen (secondary N) is 1. The van der Waals surface area contributed by atoms with Gasteiger partial charge in [-0.15, -0.1) is 0 Å². The number of carbonyl (C=O) groups excluding carboxylic acids is 1. The molecule has 164 valence electrons. The van der Waals surface area contributed by atoms with Crippen LogP contribution in [0.4, 0.5) is 10.5 Å². The number of anilines is 1. The molecule has 1 heterocycles. The van der Waals surface area contributed by atoms with Gasteiger partial charge in [-0.05, 0) is 42.3 Å². The van der Waals surface area contributed by atoms with Crippen LogP contribution in [-0.4, -0.2) is 41.8 Å². The van der Waals surface area contributed by atoms with Gasteiger partial charge in [0.15, 0.2) is 12.4 Å². The van der Waals surface area contributed by atoms with Gasteiger partial charge in [-0.2, -0.15) is 4.98 Å². The molecule has 2 aromatic carbocycles. The van der Waals surface area contributed by atoms with E-state index in [1.165, 1.54) is 17.6 Å². The summed E-state index contributed by atoms with van der Waals surface area (Å²) in [5.74, 6) is 2.15. The van der Waals surface area contributed by atoms with Crippen molar-refractivity contribution in [3.8, 4) is 11.5 Å². The molecule has 0 aliphatic rings. The summed E-state index contributed by atoms with van der Waals surface area (Å²) < 4.78 is 16.1. The van der Waals surface area contributed by atoms with Gasteiger partial charge in [0.1, 0.15) is 11.5 Å². The van der Waals surface area contributed by atoms with E-state index in [0.29, 0.717) is 41.1 Å². The second kappa shape index (κ2) is 10.7. The average Bonchev–Trinajstić information content (AvgIpc) is 3.24. The Morgan fingerprint density at radius 1 is 1.23 bits per heavy atom.